The number of hydrogen-bond acceptors (Lipinski definition) is 3. The van der Waals surface area contributed by atoms with E-state index in [1.54, 1.807) is 13.8 Å². The van der Waals surface area contributed by atoms with Crippen molar-refractivity contribution in [2.45, 2.75) is 33.1 Å². The van der Waals surface area contributed by atoms with Crippen LogP contribution in [0, 0.1) is 0 Å². The van der Waals surface area contributed by atoms with Crippen molar-refractivity contribution in [3.8, 4) is 0 Å². The van der Waals surface area contributed by atoms with Gasteiger partial charge in [-0.1, -0.05) is 12.2 Å². The van der Waals surface area contributed by atoms with Crippen LogP contribution in [-0.2, 0) is 14.3 Å². The molecule has 0 N–H and O–H groups in total. The zero-order valence-corrected chi connectivity index (χ0v) is 9.36. The maximum atomic E-state index is 11.2. The first-order chi connectivity index (χ1) is 7.22. The second kappa shape index (κ2) is 9.19. The molecule has 0 atom stereocenters. The average molecular weight is 210 g/mol. The Morgan fingerprint density at radius 1 is 1.33 bits per heavy atom. The van der Waals surface area contributed by atoms with Crippen LogP contribution in [0.4, 0.5) is 0 Å². The van der Waals surface area contributed by atoms with Gasteiger partial charge < -0.3 is 4.74 Å². The lowest BCUT2D eigenvalue weighted by atomic mass is 10.2. The number of allylic oxidation sites excluding steroid dienone is 3. The molecule has 0 aliphatic rings. The molecule has 84 valence electrons. The SMILES string of the molecule is CCOC(=O)/C(C)=C/CCC/C=C/C=O. The maximum Gasteiger partial charge on any atom is 0.333 e. The summed E-state index contributed by atoms with van der Waals surface area (Å²) in [5.74, 6) is -0.249. The van der Waals surface area contributed by atoms with E-state index in [0.717, 1.165) is 25.5 Å². The molecule has 0 aromatic heterocycles. The van der Waals surface area contributed by atoms with E-state index in [9.17, 15) is 9.59 Å². The Balaban J connectivity index is 3.71. The topological polar surface area (TPSA) is 43.4 Å². The Bertz CT molecular complexity index is 252. The van der Waals surface area contributed by atoms with Crippen LogP contribution in [-0.4, -0.2) is 18.9 Å². The summed E-state index contributed by atoms with van der Waals surface area (Å²) >= 11 is 0. The first-order valence-electron chi connectivity index (χ1n) is 5.16. The van der Waals surface area contributed by atoms with Crippen molar-refractivity contribution in [3.05, 3.63) is 23.8 Å². The summed E-state index contributed by atoms with van der Waals surface area (Å²) in [7, 11) is 0. The van der Waals surface area contributed by atoms with Gasteiger partial charge in [0, 0.05) is 5.57 Å². The quantitative estimate of drug-likeness (QED) is 0.280. The summed E-state index contributed by atoms with van der Waals surface area (Å²) < 4.78 is 4.83. The standard InChI is InChI=1S/C12H18O3/c1-3-15-12(14)11(2)9-7-5-4-6-8-10-13/h6,8-10H,3-5,7H2,1-2H3/b8-6+,11-9+. The van der Waals surface area contributed by atoms with Crippen molar-refractivity contribution in [1.29, 1.82) is 0 Å². The van der Waals surface area contributed by atoms with Gasteiger partial charge in [-0.3, -0.25) is 4.79 Å². The van der Waals surface area contributed by atoms with Gasteiger partial charge in [-0.2, -0.15) is 0 Å². The summed E-state index contributed by atoms with van der Waals surface area (Å²) in [5.41, 5.74) is 0.649. The van der Waals surface area contributed by atoms with Crippen molar-refractivity contribution in [3.63, 3.8) is 0 Å². The van der Waals surface area contributed by atoms with E-state index in [-0.39, 0.29) is 5.97 Å². The molecular formula is C12H18O3. The van der Waals surface area contributed by atoms with Gasteiger partial charge in [0.1, 0.15) is 6.29 Å². The normalized spacial score (nSPS) is 11.7. The third-order valence-electron chi connectivity index (χ3n) is 1.84. The Morgan fingerprint density at radius 3 is 2.67 bits per heavy atom. The van der Waals surface area contributed by atoms with Crippen molar-refractivity contribution in [2.75, 3.05) is 6.61 Å². The van der Waals surface area contributed by atoms with Crippen LogP contribution in [0.15, 0.2) is 23.8 Å². The van der Waals surface area contributed by atoms with Gasteiger partial charge >= 0.3 is 5.97 Å². The summed E-state index contributed by atoms with van der Waals surface area (Å²) in [6.07, 6.45) is 8.55. The Kier molecular flexibility index (Phi) is 8.34. The van der Waals surface area contributed by atoms with Gasteiger partial charge in [-0.15, -0.1) is 0 Å². The molecule has 0 amide bonds. The summed E-state index contributed by atoms with van der Waals surface area (Å²) in [6.45, 7) is 3.95. The molecule has 0 saturated carbocycles. The number of unbranched alkanes of at least 4 members (excludes halogenated alkanes) is 2. The number of esters is 1. The van der Waals surface area contributed by atoms with E-state index >= 15 is 0 Å². The number of hydrogen-bond donors (Lipinski definition) is 0. The first-order valence-corrected chi connectivity index (χ1v) is 5.16. The minimum absolute atomic E-state index is 0.249. The number of carbonyl (C=O) groups is 2. The molecule has 3 heteroatoms. The molecule has 0 aliphatic heterocycles. The van der Waals surface area contributed by atoms with Crippen molar-refractivity contribution >= 4 is 12.3 Å². The Hall–Kier alpha value is -1.38. The van der Waals surface area contributed by atoms with Gasteiger partial charge in [0.2, 0.25) is 0 Å². The molecule has 0 aliphatic carbocycles. The minimum atomic E-state index is -0.249. The van der Waals surface area contributed by atoms with Crippen LogP contribution in [0.2, 0.25) is 0 Å². The molecule has 0 unspecified atom stereocenters. The fourth-order valence-corrected chi connectivity index (χ4v) is 1.03. The second-order valence-corrected chi connectivity index (χ2v) is 3.10. The molecule has 15 heavy (non-hydrogen) atoms. The van der Waals surface area contributed by atoms with Crippen LogP contribution in [0.1, 0.15) is 33.1 Å². The molecule has 0 heterocycles. The molecule has 0 aromatic carbocycles. The lowest BCUT2D eigenvalue weighted by Gasteiger charge is -2.00. The molecule has 0 rings (SSSR count). The molecule has 0 saturated heterocycles. The highest BCUT2D eigenvalue weighted by atomic mass is 16.5. The van der Waals surface area contributed by atoms with Crippen molar-refractivity contribution in [1.82, 2.24) is 0 Å². The second-order valence-electron chi connectivity index (χ2n) is 3.10. The number of aldehydes is 1. The van der Waals surface area contributed by atoms with Gasteiger partial charge in [0.25, 0.3) is 0 Å². The summed E-state index contributed by atoms with van der Waals surface area (Å²) in [4.78, 5) is 21.1. The molecule has 0 spiro atoms. The van der Waals surface area contributed by atoms with Crippen LogP contribution in [0.3, 0.4) is 0 Å². The lowest BCUT2D eigenvalue weighted by molar-refractivity contribution is -0.138. The highest BCUT2D eigenvalue weighted by molar-refractivity contribution is 5.87. The van der Waals surface area contributed by atoms with Gasteiger partial charge in [0.05, 0.1) is 6.61 Å². The zero-order chi connectivity index (χ0) is 11.5. The van der Waals surface area contributed by atoms with Gasteiger partial charge in [-0.05, 0) is 39.2 Å². The predicted molar refractivity (Wildman–Crippen MR) is 59.4 cm³/mol. The van der Waals surface area contributed by atoms with Crippen LogP contribution in [0.25, 0.3) is 0 Å². The molecule has 0 aromatic rings. The highest BCUT2D eigenvalue weighted by Crippen LogP contribution is 2.03. The van der Waals surface area contributed by atoms with Gasteiger partial charge in [0.15, 0.2) is 0 Å². The van der Waals surface area contributed by atoms with E-state index in [1.807, 2.05) is 12.2 Å². The van der Waals surface area contributed by atoms with E-state index in [4.69, 9.17) is 4.74 Å². The first kappa shape index (κ1) is 13.6. The van der Waals surface area contributed by atoms with E-state index in [2.05, 4.69) is 0 Å². The van der Waals surface area contributed by atoms with Crippen LogP contribution < -0.4 is 0 Å². The van der Waals surface area contributed by atoms with Crippen molar-refractivity contribution in [2.24, 2.45) is 0 Å². The minimum Gasteiger partial charge on any atom is -0.463 e. The third-order valence-corrected chi connectivity index (χ3v) is 1.84. The lowest BCUT2D eigenvalue weighted by Crippen LogP contribution is -2.04. The van der Waals surface area contributed by atoms with Gasteiger partial charge in [-0.25, -0.2) is 4.79 Å². The van der Waals surface area contributed by atoms with E-state index in [0.29, 0.717) is 12.2 Å². The average Bonchev–Trinajstić information content (AvgIpc) is 2.23. The molecule has 3 nitrogen and oxygen atoms in total. The fourth-order valence-electron chi connectivity index (χ4n) is 1.03. The Morgan fingerprint density at radius 2 is 2.07 bits per heavy atom. The summed E-state index contributed by atoms with van der Waals surface area (Å²) in [6, 6.07) is 0. The molecular weight excluding hydrogens is 192 g/mol. The largest absolute Gasteiger partial charge is 0.463 e. The number of carbonyl (C=O) groups excluding carboxylic acids is 2. The zero-order valence-electron chi connectivity index (χ0n) is 9.36. The highest BCUT2D eigenvalue weighted by Gasteiger charge is 2.02. The fraction of sp³-hybridized carbons (Fsp3) is 0.500. The third kappa shape index (κ3) is 7.67. The van der Waals surface area contributed by atoms with Crippen molar-refractivity contribution < 1.29 is 14.3 Å². The molecule has 0 bridgehead atoms. The Labute approximate surface area is 90.8 Å². The smallest absolute Gasteiger partial charge is 0.333 e. The molecule has 0 radical (unpaired) electrons. The summed E-state index contributed by atoms with van der Waals surface area (Å²) in [5, 5.41) is 0. The monoisotopic (exact) mass is 210 g/mol. The number of rotatable bonds is 7. The molecule has 0 fully saturated rings. The predicted octanol–water partition coefficient (Wildman–Crippen LogP) is 2.42. The number of ether oxygens (including phenoxy) is 1. The van der Waals surface area contributed by atoms with Crippen LogP contribution in [0.5, 0.6) is 0 Å². The van der Waals surface area contributed by atoms with E-state index < -0.39 is 0 Å². The maximum absolute atomic E-state index is 11.2. The van der Waals surface area contributed by atoms with Crippen LogP contribution >= 0.6 is 0 Å². The van der Waals surface area contributed by atoms with E-state index in [1.165, 1.54) is 6.08 Å².